The fourth-order valence-corrected chi connectivity index (χ4v) is 2.04. The molecule has 0 aliphatic carbocycles. The van der Waals surface area contributed by atoms with Crippen molar-refractivity contribution in [3.05, 3.63) is 23.4 Å². The van der Waals surface area contributed by atoms with Gasteiger partial charge in [0.05, 0.1) is 6.10 Å². The standard InChI is InChI=1S/C14H24N2O/c1-5-7-16(8-6-2)14-9-11(3)13(10-15-14)12(4)17/h9-10,12,17H,5-8H2,1-4H3/t12-/m1/s1. The van der Waals surface area contributed by atoms with E-state index in [4.69, 9.17) is 0 Å². The first-order valence-electron chi connectivity index (χ1n) is 6.49. The molecule has 1 aromatic heterocycles. The summed E-state index contributed by atoms with van der Waals surface area (Å²) in [5.41, 5.74) is 2.03. The van der Waals surface area contributed by atoms with Gasteiger partial charge in [-0.15, -0.1) is 0 Å². The molecule has 1 N–H and O–H groups in total. The third kappa shape index (κ3) is 3.70. The van der Waals surface area contributed by atoms with Gasteiger partial charge in [0.15, 0.2) is 0 Å². The summed E-state index contributed by atoms with van der Waals surface area (Å²) in [5, 5.41) is 9.59. The van der Waals surface area contributed by atoms with Crippen molar-refractivity contribution in [2.24, 2.45) is 0 Å². The highest BCUT2D eigenvalue weighted by Gasteiger charge is 2.10. The van der Waals surface area contributed by atoms with Gasteiger partial charge in [-0.1, -0.05) is 13.8 Å². The number of rotatable bonds is 6. The van der Waals surface area contributed by atoms with Crippen molar-refractivity contribution in [2.75, 3.05) is 18.0 Å². The van der Waals surface area contributed by atoms with E-state index in [1.807, 2.05) is 6.92 Å². The molecule has 0 saturated heterocycles. The van der Waals surface area contributed by atoms with Gasteiger partial charge in [0.2, 0.25) is 0 Å². The quantitative estimate of drug-likeness (QED) is 0.824. The molecule has 0 aliphatic heterocycles. The van der Waals surface area contributed by atoms with E-state index >= 15 is 0 Å². The maximum atomic E-state index is 9.59. The van der Waals surface area contributed by atoms with Gasteiger partial charge in [0.25, 0.3) is 0 Å². The summed E-state index contributed by atoms with van der Waals surface area (Å²) in [5.74, 6) is 1.02. The Morgan fingerprint density at radius 1 is 1.29 bits per heavy atom. The van der Waals surface area contributed by atoms with Gasteiger partial charge in [0, 0.05) is 24.8 Å². The van der Waals surface area contributed by atoms with Crippen molar-refractivity contribution in [3.63, 3.8) is 0 Å². The molecule has 0 unspecified atom stereocenters. The van der Waals surface area contributed by atoms with Gasteiger partial charge in [-0.3, -0.25) is 0 Å². The van der Waals surface area contributed by atoms with Crippen molar-refractivity contribution in [2.45, 2.75) is 46.6 Å². The summed E-state index contributed by atoms with van der Waals surface area (Å²) >= 11 is 0. The van der Waals surface area contributed by atoms with E-state index in [1.54, 1.807) is 13.1 Å². The highest BCUT2D eigenvalue weighted by molar-refractivity contribution is 5.43. The Morgan fingerprint density at radius 3 is 2.29 bits per heavy atom. The van der Waals surface area contributed by atoms with Crippen molar-refractivity contribution >= 4 is 5.82 Å². The van der Waals surface area contributed by atoms with Crippen LogP contribution in [0.1, 0.15) is 50.8 Å². The smallest absolute Gasteiger partial charge is 0.128 e. The first kappa shape index (κ1) is 14.0. The topological polar surface area (TPSA) is 36.4 Å². The molecule has 3 nitrogen and oxygen atoms in total. The third-order valence-electron chi connectivity index (χ3n) is 2.90. The van der Waals surface area contributed by atoms with Crippen LogP contribution in [-0.4, -0.2) is 23.2 Å². The molecule has 0 aromatic carbocycles. The molecule has 0 amide bonds. The lowest BCUT2D eigenvalue weighted by molar-refractivity contribution is 0.198. The maximum absolute atomic E-state index is 9.59. The molecule has 1 rings (SSSR count). The van der Waals surface area contributed by atoms with Crippen LogP contribution < -0.4 is 4.90 Å². The molecule has 17 heavy (non-hydrogen) atoms. The number of nitrogens with zero attached hydrogens (tertiary/aromatic N) is 2. The summed E-state index contributed by atoms with van der Waals surface area (Å²) < 4.78 is 0. The molecule has 3 heteroatoms. The highest BCUT2D eigenvalue weighted by atomic mass is 16.3. The molecule has 0 radical (unpaired) electrons. The van der Waals surface area contributed by atoms with Gasteiger partial charge in [-0.05, 0) is 38.3 Å². The monoisotopic (exact) mass is 236 g/mol. The van der Waals surface area contributed by atoms with Crippen LogP contribution in [0.3, 0.4) is 0 Å². The second-order valence-corrected chi connectivity index (χ2v) is 4.56. The number of aliphatic hydroxyl groups is 1. The molecule has 1 heterocycles. The van der Waals surface area contributed by atoms with Crippen LogP contribution >= 0.6 is 0 Å². The van der Waals surface area contributed by atoms with E-state index in [2.05, 4.69) is 29.8 Å². The summed E-state index contributed by atoms with van der Waals surface area (Å²) in [6.45, 7) is 10.2. The zero-order chi connectivity index (χ0) is 12.8. The number of hydrogen-bond donors (Lipinski definition) is 1. The van der Waals surface area contributed by atoms with E-state index in [0.717, 1.165) is 42.9 Å². The summed E-state index contributed by atoms with van der Waals surface area (Å²) in [6.07, 6.45) is 3.60. The van der Waals surface area contributed by atoms with Gasteiger partial charge in [-0.25, -0.2) is 4.98 Å². The molecular formula is C14H24N2O. The Bertz CT molecular complexity index is 344. The lowest BCUT2D eigenvalue weighted by Crippen LogP contribution is -2.26. The van der Waals surface area contributed by atoms with E-state index in [1.165, 1.54) is 0 Å². The van der Waals surface area contributed by atoms with E-state index in [-0.39, 0.29) is 0 Å². The molecular weight excluding hydrogens is 212 g/mol. The molecule has 0 bridgehead atoms. The third-order valence-corrected chi connectivity index (χ3v) is 2.90. The molecule has 1 atom stereocenters. The predicted molar refractivity (Wildman–Crippen MR) is 72.4 cm³/mol. The zero-order valence-electron chi connectivity index (χ0n) is 11.4. The minimum atomic E-state index is -0.442. The van der Waals surface area contributed by atoms with Crippen LogP contribution in [0.4, 0.5) is 5.82 Å². The minimum Gasteiger partial charge on any atom is -0.389 e. The normalized spacial score (nSPS) is 12.5. The summed E-state index contributed by atoms with van der Waals surface area (Å²) in [7, 11) is 0. The largest absolute Gasteiger partial charge is 0.389 e. The second-order valence-electron chi connectivity index (χ2n) is 4.56. The molecule has 0 saturated carbocycles. The first-order chi connectivity index (χ1) is 8.10. The first-order valence-corrected chi connectivity index (χ1v) is 6.49. The molecule has 96 valence electrons. The highest BCUT2D eigenvalue weighted by Crippen LogP contribution is 2.21. The molecule has 0 aliphatic rings. The van der Waals surface area contributed by atoms with Gasteiger partial charge >= 0.3 is 0 Å². The van der Waals surface area contributed by atoms with Crippen LogP contribution in [0.5, 0.6) is 0 Å². The molecule has 0 spiro atoms. The fourth-order valence-electron chi connectivity index (χ4n) is 2.04. The summed E-state index contributed by atoms with van der Waals surface area (Å²) in [6, 6.07) is 2.08. The molecule has 1 aromatic rings. The van der Waals surface area contributed by atoms with Crippen LogP contribution in [0.15, 0.2) is 12.3 Å². The van der Waals surface area contributed by atoms with Crippen molar-refractivity contribution < 1.29 is 5.11 Å². The lowest BCUT2D eigenvalue weighted by Gasteiger charge is -2.23. The maximum Gasteiger partial charge on any atom is 0.128 e. The Labute approximate surface area is 104 Å². The van der Waals surface area contributed by atoms with Crippen LogP contribution in [0.2, 0.25) is 0 Å². The molecule has 0 fully saturated rings. The lowest BCUT2D eigenvalue weighted by atomic mass is 10.1. The van der Waals surface area contributed by atoms with Gasteiger partial charge in [0.1, 0.15) is 5.82 Å². The Morgan fingerprint density at radius 2 is 1.88 bits per heavy atom. The van der Waals surface area contributed by atoms with Crippen molar-refractivity contribution in [1.29, 1.82) is 0 Å². The van der Waals surface area contributed by atoms with Crippen molar-refractivity contribution in [1.82, 2.24) is 4.98 Å². The minimum absolute atomic E-state index is 0.442. The fraction of sp³-hybridized carbons (Fsp3) is 0.643. The van der Waals surface area contributed by atoms with Crippen LogP contribution in [0, 0.1) is 6.92 Å². The Balaban J connectivity index is 2.93. The van der Waals surface area contributed by atoms with Crippen LogP contribution in [-0.2, 0) is 0 Å². The van der Waals surface area contributed by atoms with E-state index in [0.29, 0.717) is 0 Å². The SMILES string of the molecule is CCCN(CCC)c1cc(C)c([C@@H](C)O)cn1. The van der Waals surface area contributed by atoms with Crippen molar-refractivity contribution in [3.8, 4) is 0 Å². The average molecular weight is 236 g/mol. The number of aliphatic hydroxyl groups excluding tert-OH is 1. The van der Waals surface area contributed by atoms with Crippen LogP contribution in [0.25, 0.3) is 0 Å². The van der Waals surface area contributed by atoms with E-state index in [9.17, 15) is 5.11 Å². The number of aryl methyl sites for hydroxylation is 1. The van der Waals surface area contributed by atoms with E-state index < -0.39 is 6.10 Å². The average Bonchev–Trinajstić information content (AvgIpc) is 2.28. The Hall–Kier alpha value is -1.09. The van der Waals surface area contributed by atoms with Gasteiger partial charge < -0.3 is 10.0 Å². The Kier molecular flexibility index (Phi) is 5.42. The zero-order valence-corrected chi connectivity index (χ0v) is 11.4. The number of aromatic nitrogens is 1. The second kappa shape index (κ2) is 6.60. The number of anilines is 1. The number of pyridine rings is 1. The predicted octanol–water partition coefficient (Wildman–Crippen LogP) is 3.07. The summed E-state index contributed by atoms with van der Waals surface area (Å²) in [4.78, 5) is 6.77. The number of hydrogen-bond acceptors (Lipinski definition) is 3. The van der Waals surface area contributed by atoms with Gasteiger partial charge in [-0.2, -0.15) is 0 Å².